The molecular weight excluding hydrogens is 284 g/mol. The minimum absolute atomic E-state index is 0.0826. The molecule has 1 aromatic heterocycles. The molecule has 0 bridgehead atoms. The van der Waals surface area contributed by atoms with Crippen LogP contribution in [0.2, 0.25) is 0 Å². The molecule has 0 aliphatic rings. The molecule has 3 rings (SSSR count). The second-order valence-corrected chi connectivity index (χ2v) is 6.49. The SMILES string of the molecule is COc1ccc(S(=O)(=O)O)c2c1sc1ccccc12. The second-order valence-electron chi connectivity index (χ2n) is 4.04. The predicted octanol–water partition coefficient (Wildman–Crippen LogP) is 3.31. The maximum Gasteiger partial charge on any atom is 0.295 e. The molecule has 0 amide bonds. The van der Waals surface area contributed by atoms with Gasteiger partial charge < -0.3 is 4.74 Å². The van der Waals surface area contributed by atoms with Crippen LogP contribution in [0.25, 0.3) is 20.2 Å². The van der Waals surface area contributed by atoms with Gasteiger partial charge in [0.05, 0.1) is 11.8 Å². The summed E-state index contributed by atoms with van der Waals surface area (Å²) < 4.78 is 39.3. The Kier molecular flexibility index (Phi) is 2.74. The molecule has 3 aromatic rings. The van der Waals surface area contributed by atoms with E-state index in [4.69, 9.17) is 4.74 Å². The molecule has 98 valence electrons. The molecule has 0 atom stereocenters. The quantitative estimate of drug-likeness (QED) is 0.736. The topological polar surface area (TPSA) is 63.6 Å². The summed E-state index contributed by atoms with van der Waals surface area (Å²) in [6.07, 6.45) is 0. The molecule has 0 aliphatic heterocycles. The highest BCUT2D eigenvalue weighted by molar-refractivity contribution is 7.86. The van der Waals surface area contributed by atoms with Crippen LogP contribution in [0.3, 0.4) is 0 Å². The largest absolute Gasteiger partial charge is 0.495 e. The Morgan fingerprint density at radius 2 is 1.89 bits per heavy atom. The van der Waals surface area contributed by atoms with Crippen LogP contribution >= 0.6 is 11.3 Å². The van der Waals surface area contributed by atoms with Crippen molar-refractivity contribution in [3.05, 3.63) is 36.4 Å². The van der Waals surface area contributed by atoms with E-state index in [9.17, 15) is 13.0 Å². The van der Waals surface area contributed by atoms with E-state index >= 15 is 0 Å². The van der Waals surface area contributed by atoms with Crippen molar-refractivity contribution in [3.63, 3.8) is 0 Å². The van der Waals surface area contributed by atoms with Crippen molar-refractivity contribution in [1.29, 1.82) is 0 Å². The zero-order valence-corrected chi connectivity index (χ0v) is 11.6. The van der Waals surface area contributed by atoms with Gasteiger partial charge in [-0.1, -0.05) is 18.2 Å². The van der Waals surface area contributed by atoms with E-state index in [1.54, 1.807) is 6.07 Å². The number of fused-ring (bicyclic) bond motifs is 3. The number of benzene rings is 2. The third kappa shape index (κ3) is 1.88. The summed E-state index contributed by atoms with van der Waals surface area (Å²) in [6, 6.07) is 10.4. The first-order valence-electron chi connectivity index (χ1n) is 5.48. The van der Waals surface area contributed by atoms with Crippen LogP contribution in [0.15, 0.2) is 41.3 Å². The first-order valence-corrected chi connectivity index (χ1v) is 7.74. The van der Waals surface area contributed by atoms with Crippen LogP contribution in [0.1, 0.15) is 0 Å². The average Bonchev–Trinajstić information content (AvgIpc) is 2.75. The van der Waals surface area contributed by atoms with Crippen LogP contribution in [-0.2, 0) is 10.1 Å². The van der Waals surface area contributed by atoms with E-state index in [-0.39, 0.29) is 4.90 Å². The molecule has 0 unspecified atom stereocenters. The fraction of sp³-hybridized carbons (Fsp3) is 0.0769. The Hall–Kier alpha value is -1.63. The molecule has 0 saturated carbocycles. The highest BCUT2D eigenvalue weighted by Gasteiger charge is 2.20. The lowest BCUT2D eigenvalue weighted by atomic mass is 10.1. The van der Waals surface area contributed by atoms with Crippen molar-refractivity contribution in [3.8, 4) is 5.75 Å². The van der Waals surface area contributed by atoms with Crippen molar-refractivity contribution < 1.29 is 17.7 Å². The van der Waals surface area contributed by atoms with Crippen LogP contribution in [0.5, 0.6) is 5.75 Å². The van der Waals surface area contributed by atoms with Gasteiger partial charge in [-0.25, -0.2) is 0 Å². The van der Waals surface area contributed by atoms with E-state index < -0.39 is 10.1 Å². The van der Waals surface area contributed by atoms with E-state index in [1.165, 1.54) is 24.5 Å². The maximum absolute atomic E-state index is 11.5. The molecule has 0 spiro atoms. The summed E-state index contributed by atoms with van der Waals surface area (Å²) in [6.45, 7) is 0. The third-order valence-electron chi connectivity index (χ3n) is 2.95. The molecule has 0 aliphatic carbocycles. The van der Waals surface area contributed by atoms with Gasteiger partial charge in [-0.05, 0) is 18.2 Å². The number of thiophene rings is 1. The first-order chi connectivity index (χ1) is 9.02. The Morgan fingerprint density at radius 1 is 1.16 bits per heavy atom. The normalized spacial score (nSPS) is 12.1. The van der Waals surface area contributed by atoms with E-state index in [2.05, 4.69) is 0 Å². The first kappa shape index (κ1) is 12.4. The van der Waals surface area contributed by atoms with Crippen molar-refractivity contribution in [1.82, 2.24) is 0 Å². The standard InChI is InChI=1S/C13H10O4S2/c1-17-9-6-7-11(19(14,15)16)12-8-4-2-3-5-10(8)18-13(9)12/h2-7H,1H3,(H,14,15,16). The minimum Gasteiger partial charge on any atom is -0.495 e. The third-order valence-corrected chi connectivity index (χ3v) is 5.03. The lowest BCUT2D eigenvalue weighted by molar-refractivity contribution is 0.420. The van der Waals surface area contributed by atoms with Gasteiger partial charge in [0.2, 0.25) is 0 Å². The summed E-state index contributed by atoms with van der Waals surface area (Å²) in [5.74, 6) is 0.601. The fourth-order valence-electron chi connectivity index (χ4n) is 2.15. The summed E-state index contributed by atoms with van der Waals surface area (Å²) in [5.41, 5.74) is 0. The van der Waals surface area contributed by atoms with Gasteiger partial charge in [-0.3, -0.25) is 4.55 Å². The van der Waals surface area contributed by atoms with Gasteiger partial charge >= 0.3 is 0 Å². The molecule has 0 radical (unpaired) electrons. The molecule has 1 heterocycles. The molecule has 0 saturated heterocycles. The molecule has 19 heavy (non-hydrogen) atoms. The summed E-state index contributed by atoms with van der Waals surface area (Å²) in [4.78, 5) is -0.0826. The summed E-state index contributed by atoms with van der Waals surface area (Å²) in [7, 11) is -2.73. The van der Waals surface area contributed by atoms with Crippen molar-refractivity contribution in [2.24, 2.45) is 0 Å². The van der Waals surface area contributed by atoms with E-state index in [0.717, 1.165) is 14.8 Å². The van der Waals surface area contributed by atoms with Crippen molar-refractivity contribution >= 4 is 41.6 Å². The average molecular weight is 294 g/mol. The number of ether oxygens (including phenoxy) is 1. The minimum atomic E-state index is -4.26. The summed E-state index contributed by atoms with van der Waals surface area (Å²) in [5, 5.41) is 1.32. The zero-order valence-electron chi connectivity index (χ0n) is 9.95. The van der Waals surface area contributed by atoms with Gasteiger partial charge in [0.25, 0.3) is 10.1 Å². The van der Waals surface area contributed by atoms with Crippen LogP contribution in [-0.4, -0.2) is 20.1 Å². The Labute approximate surface area is 114 Å². The van der Waals surface area contributed by atoms with Gasteiger partial charge in [0.15, 0.2) is 0 Å². The molecule has 1 N–H and O–H groups in total. The van der Waals surface area contributed by atoms with Crippen LogP contribution < -0.4 is 4.74 Å². The molecule has 6 heteroatoms. The van der Waals surface area contributed by atoms with Gasteiger partial charge in [0.1, 0.15) is 10.6 Å². The maximum atomic E-state index is 11.5. The molecular formula is C13H10O4S2. The van der Waals surface area contributed by atoms with Gasteiger partial charge in [0, 0.05) is 15.5 Å². The van der Waals surface area contributed by atoms with E-state index in [1.807, 2.05) is 24.3 Å². The smallest absolute Gasteiger partial charge is 0.295 e. The number of rotatable bonds is 2. The second kappa shape index (κ2) is 4.19. The Bertz CT molecular complexity index is 878. The molecule has 2 aromatic carbocycles. The van der Waals surface area contributed by atoms with Crippen molar-refractivity contribution in [2.75, 3.05) is 7.11 Å². The highest BCUT2D eigenvalue weighted by atomic mass is 32.2. The van der Waals surface area contributed by atoms with Crippen LogP contribution in [0, 0.1) is 0 Å². The Balaban J connectivity index is 2.60. The van der Waals surface area contributed by atoms with Crippen LogP contribution in [0.4, 0.5) is 0 Å². The highest BCUT2D eigenvalue weighted by Crippen LogP contribution is 2.42. The Morgan fingerprint density at radius 3 is 2.58 bits per heavy atom. The number of methoxy groups -OCH3 is 1. The molecule has 0 fully saturated rings. The monoisotopic (exact) mass is 294 g/mol. The molecule has 4 nitrogen and oxygen atoms in total. The van der Waals surface area contributed by atoms with Gasteiger partial charge in [-0.15, -0.1) is 11.3 Å². The fourth-order valence-corrected chi connectivity index (χ4v) is 4.14. The predicted molar refractivity (Wildman–Crippen MR) is 75.7 cm³/mol. The zero-order chi connectivity index (χ0) is 13.6. The lowest BCUT2D eigenvalue weighted by Crippen LogP contribution is -1.99. The van der Waals surface area contributed by atoms with Crippen molar-refractivity contribution in [2.45, 2.75) is 4.90 Å². The summed E-state index contributed by atoms with van der Waals surface area (Å²) >= 11 is 1.44. The lowest BCUT2D eigenvalue weighted by Gasteiger charge is -2.05. The number of hydrogen-bond donors (Lipinski definition) is 1. The van der Waals surface area contributed by atoms with E-state index in [0.29, 0.717) is 11.1 Å². The van der Waals surface area contributed by atoms with Gasteiger partial charge in [-0.2, -0.15) is 8.42 Å². The number of hydrogen-bond acceptors (Lipinski definition) is 4.